The average molecular weight is 613 g/mol. The maximum Gasteiger partial charge on any atom is 0.338 e. The molecule has 13 heteroatoms. The van der Waals surface area contributed by atoms with Crippen LogP contribution in [0.2, 0.25) is 0 Å². The summed E-state index contributed by atoms with van der Waals surface area (Å²) in [5, 5.41) is 14.4. The second-order valence-electron chi connectivity index (χ2n) is 8.69. The van der Waals surface area contributed by atoms with Gasteiger partial charge in [-0.3, -0.25) is 9.89 Å². The summed E-state index contributed by atoms with van der Waals surface area (Å²) in [4.78, 5) is 34.8. The first-order valence-corrected chi connectivity index (χ1v) is 13.4. The Kier molecular flexibility index (Phi) is 8.68. The largest absolute Gasteiger partial charge is 0.478 e. The molecule has 2 aliphatic rings. The van der Waals surface area contributed by atoms with Crippen LogP contribution in [0.3, 0.4) is 0 Å². The van der Waals surface area contributed by atoms with E-state index in [1.54, 1.807) is 18.5 Å². The number of hydrogen-bond acceptors (Lipinski definition) is 8. The van der Waals surface area contributed by atoms with Crippen molar-refractivity contribution >= 4 is 45.0 Å². The van der Waals surface area contributed by atoms with Gasteiger partial charge in [0.25, 0.3) is 5.92 Å². The normalized spacial score (nSPS) is 21.8. The number of benzene rings is 1. The van der Waals surface area contributed by atoms with Crippen molar-refractivity contribution in [2.24, 2.45) is 4.99 Å². The summed E-state index contributed by atoms with van der Waals surface area (Å²) in [6.07, 6.45) is 3.51. The van der Waals surface area contributed by atoms with E-state index in [1.165, 1.54) is 40.5 Å². The zero-order valence-corrected chi connectivity index (χ0v) is 22.6. The maximum absolute atomic E-state index is 14.5. The van der Waals surface area contributed by atoms with Crippen molar-refractivity contribution in [2.45, 2.75) is 37.8 Å². The van der Waals surface area contributed by atoms with Crippen LogP contribution < -0.4 is 5.32 Å². The Balaban J connectivity index is 1.83. The summed E-state index contributed by atoms with van der Waals surface area (Å²) in [5.41, 5.74) is 0.805. The number of halogens is 4. The van der Waals surface area contributed by atoms with Crippen LogP contribution in [0.1, 0.15) is 36.4 Å². The van der Waals surface area contributed by atoms with Crippen LogP contribution in [0.5, 0.6) is 0 Å². The van der Waals surface area contributed by atoms with Gasteiger partial charge in [0.15, 0.2) is 10.8 Å². The number of carboxylic acids is 1. The highest BCUT2D eigenvalue weighted by atomic mass is 79.9. The monoisotopic (exact) mass is 612 g/mol. The average Bonchev–Trinajstić information content (AvgIpc) is 3.38. The Morgan fingerprint density at radius 3 is 2.84 bits per heavy atom. The minimum absolute atomic E-state index is 0.0269. The number of amidine groups is 1. The summed E-state index contributed by atoms with van der Waals surface area (Å²) < 4.78 is 48.6. The molecule has 0 aliphatic carbocycles. The van der Waals surface area contributed by atoms with Crippen LogP contribution in [-0.4, -0.2) is 64.4 Å². The topological polar surface area (TPSA) is 104 Å². The van der Waals surface area contributed by atoms with Gasteiger partial charge in [-0.2, -0.15) is 0 Å². The van der Waals surface area contributed by atoms with Gasteiger partial charge >= 0.3 is 11.9 Å². The first kappa shape index (κ1) is 28.0. The quantitative estimate of drug-likeness (QED) is 0.329. The molecule has 1 aromatic carbocycles. The van der Waals surface area contributed by atoms with Crippen molar-refractivity contribution in [2.75, 3.05) is 19.7 Å². The molecular formula is C25H24BrF3N4O4S. The number of piperidine rings is 1. The number of aromatic nitrogens is 1. The molecule has 202 valence electrons. The van der Waals surface area contributed by atoms with Crippen LogP contribution in [0.25, 0.3) is 0 Å². The van der Waals surface area contributed by atoms with Gasteiger partial charge in [0.1, 0.15) is 11.9 Å². The summed E-state index contributed by atoms with van der Waals surface area (Å²) in [6, 6.07) is 2.40. The third-order valence-corrected chi connectivity index (χ3v) is 7.51. The van der Waals surface area contributed by atoms with Gasteiger partial charge in [-0.25, -0.2) is 27.7 Å². The van der Waals surface area contributed by atoms with Crippen molar-refractivity contribution in [3.63, 3.8) is 0 Å². The van der Waals surface area contributed by atoms with Gasteiger partial charge < -0.3 is 15.2 Å². The molecule has 3 heterocycles. The smallest absolute Gasteiger partial charge is 0.338 e. The van der Waals surface area contributed by atoms with Crippen molar-refractivity contribution in [3.05, 3.63) is 74.1 Å². The molecule has 1 aromatic heterocycles. The molecule has 1 fully saturated rings. The lowest BCUT2D eigenvalue weighted by atomic mass is 9.93. The highest BCUT2D eigenvalue weighted by Crippen LogP contribution is 2.38. The Morgan fingerprint density at radius 2 is 2.18 bits per heavy atom. The number of thiazole rings is 1. The number of alkyl halides is 2. The second-order valence-corrected chi connectivity index (χ2v) is 10.4. The number of esters is 1. The first-order chi connectivity index (χ1) is 18.1. The molecule has 1 saturated heterocycles. The van der Waals surface area contributed by atoms with E-state index in [0.717, 1.165) is 6.08 Å². The van der Waals surface area contributed by atoms with Crippen LogP contribution in [0, 0.1) is 5.82 Å². The fourth-order valence-corrected chi connectivity index (χ4v) is 5.55. The van der Waals surface area contributed by atoms with Gasteiger partial charge in [-0.15, -0.1) is 11.3 Å². The van der Waals surface area contributed by atoms with Crippen LogP contribution in [0.15, 0.2) is 62.7 Å². The van der Waals surface area contributed by atoms with E-state index >= 15 is 0 Å². The molecule has 2 N–H and O–H groups in total. The van der Waals surface area contributed by atoms with Crippen molar-refractivity contribution in [3.8, 4) is 0 Å². The molecule has 0 radical (unpaired) electrons. The maximum atomic E-state index is 14.5. The predicted octanol–water partition coefficient (Wildman–Crippen LogP) is 4.69. The summed E-state index contributed by atoms with van der Waals surface area (Å²) in [5.74, 6) is -5.09. The zero-order chi connectivity index (χ0) is 27.4. The Bertz CT molecular complexity index is 1300. The third kappa shape index (κ3) is 6.51. The fraction of sp³-hybridized carbons (Fsp3) is 0.360. The zero-order valence-electron chi connectivity index (χ0n) is 20.2. The van der Waals surface area contributed by atoms with Gasteiger partial charge in [0, 0.05) is 46.8 Å². The molecule has 0 spiro atoms. The van der Waals surface area contributed by atoms with Crippen molar-refractivity contribution < 1.29 is 32.6 Å². The predicted molar refractivity (Wildman–Crippen MR) is 139 cm³/mol. The number of aliphatic imine (C=N–C) groups is 1. The molecule has 38 heavy (non-hydrogen) atoms. The van der Waals surface area contributed by atoms with Crippen molar-refractivity contribution in [1.29, 1.82) is 0 Å². The number of nitrogens with zero attached hydrogens (tertiary/aromatic N) is 3. The number of hydrogen-bond donors (Lipinski definition) is 2. The van der Waals surface area contributed by atoms with E-state index in [-0.39, 0.29) is 30.8 Å². The Hall–Kier alpha value is -3.03. The minimum Gasteiger partial charge on any atom is -0.478 e. The van der Waals surface area contributed by atoms with Gasteiger partial charge in [0.2, 0.25) is 0 Å². The molecule has 4 rings (SSSR count). The lowest BCUT2D eigenvalue weighted by molar-refractivity contribution is -0.139. The fourth-order valence-electron chi connectivity index (χ4n) is 4.39. The molecule has 2 aromatic rings. The van der Waals surface area contributed by atoms with Gasteiger partial charge in [-0.1, -0.05) is 28.1 Å². The van der Waals surface area contributed by atoms with E-state index in [2.05, 4.69) is 26.2 Å². The lowest BCUT2D eigenvalue weighted by Gasteiger charge is -2.39. The van der Waals surface area contributed by atoms with Crippen LogP contribution in [-0.2, 0) is 14.3 Å². The number of carbonyl (C=O) groups excluding carboxylic acids is 1. The van der Waals surface area contributed by atoms with Crippen LogP contribution >= 0.6 is 27.3 Å². The SMILES string of the molecule is CCOC(=O)C1=C(CN2CC(F)(F)CCC2/C=C/C(=O)O)NC(c2nccs2)=N[C@H]1c1ccc(F)cc1Br. The molecule has 0 saturated carbocycles. The minimum atomic E-state index is -3.00. The third-order valence-electron chi connectivity index (χ3n) is 6.04. The summed E-state index contributed by atoms with van der Waals surface area (Å²) >= 11 is 4.64. The molecule has 2 atom stereocenters. The highest BCUT2D eigenvalue weighted by Gasteiger charge is 2.41. The molecule has 0 amide bonds. The Morgan fingerprint density at radius 1 is 1.39 bits per heavy atom. The lowest BCUT2D eigenvalue weighted by Crippen LogP contribution is -2.50. The number of nitrogens with one attached hydrogen (secondary N) is 1. The van der Waals surface area contributed by atoms with E-state index < -0.39 is 48.7 Å². The highest BCUT2D eigenvalue weighted by molar-refractivity contribution is 9.10. The molecule has 0 bridgehead atoms. The molecule has 1 unspecified atom stereocenters. The number of ether oxygens (including phenoxy) is 1. The first-order valence-electron chi connectivity index (χ1n) is 11.7. The van der Waals surface area contributed by atoms with Gasteiger partial charge in [0.05, 0.1) is 18.7 Å². The van der Waals surface area contributed by atoms with Crippen molar-refractivity contribution in [1.82, 2.24) is 15.2 Å². The van der Waals surface area contributed by atoms with Gasteiger partial charge in [-0.05, 0) is 31.0 Å². The van der Waals surface area contributed by atoms with E-state index in [9.17, 15) is 22.8 Å². The van der Waals surface area contributed by atoms with E-state index in [1.807, 2.05) is 0 Å². The van der Waals surface area contributed by atoms with Crippen LogP contribution in [0.4, 0.5) is 13.2 Å². The standard InChI is InChI=1S/C25H24BrF3N4O4S/c1-2-37-24(36)20-18(12-33-13-25(28,29)8-7-15(33)4-6-19(34)35)31-22(23-30-9-10-38-23)32-21(20)16-5-3-14(27)11-17(16)26/h3-6,9-11,15,21H,2,7-8,12-13H2,1H3,(H,31,32)(H,34,35)/b6-4+/t15?,21-/m0/s1. The second kappa shape index (κ2) is 11.8. The Labute approximate surface area is 229 Å². The molecular weight excluding hydrogens is 589 g/mol. The number of aliphatic carboxylic acids is 1. The molecule has 2 aliphatic heterocycles. The number of carbonyl (C=O) groups is 2. The number of rotatable bonds is 8. The van der Waals surface area contributed by atoms with E-state index in [4.69, 9.17) is 14.8 Å². The number of likely N-dealkylation sites (tertiary alicyclic amines) is 1. The van der Waals surface area contributed by atoms with E-state index in [0.29, 0.717) is 20.9 Å². The summed E-state index contributed by atoms with van der Waals surface area (Å²) in [6.45, 7) is 0.900. The molecule has 8 nitrogen and oxygen atoms in total. The summed E-state index contributed by atoms with van der Waals surface area (Å²) in [7, 11) is 0. The number of carboxylic acid groups (broad SMARTS) is 1.